The fourth-order valence-corrected chi connectivity index (χ4v) is 6.24. The number of piperazine rings is 1. The minimum atomic E-state index is -0.374. The van der Waals surface area contributed by atoms with Crippen LogP contribution in [0.4, 0.5) is 5.69 Å². The van der Waals surface area contributed by atoms with Crippen LogP contribution in [0.1, 0.15) is 62.5 Å². The van der Waals surface area contributed by atoms with E-state index in [1.54, 1.807) is 7.11 Å². The van der Waals surface area contributed by atoms with Crippen LogP contribution in [-0.4, -0.2) is 70.0 Å². The Morgan fingerprint density at radius 1 is 1.02 bits per heavy atom. The lowest BCUT2D eigenvalue weighted by Crippen LogP contribution is -2.49. The van der Waals surface area contributed by atoms with E-state index >= 15 is 0 Å². The Morgan fingerprint density at radius 3 is 2.60 bits per heavy atom. The van der Waals surface area contributed by atoms with E-state index in [9.17, 15) is 4.79 Å². The number of nitrogens with one attached hydrogen (secondary N) is 1. The van der Waals surface area contributed by atoms with Gasteiger partial charge in [-0.2, -0.15) is 0 Å². The molecule has 2 aromatic heterocycles. The number of ether oxygens (including phenoxy) is 2. The van der Waals surface area contributed by atoms with Gasteiger partial charge in [0.2, 0.25) is 0 Å². The lowest BCUT2D eigenvalue weighted by atomic mass is 9.95. The van der Waals surface area contributed by atoms with Gasteiger partial charge in [-0.05, 0) is 66.6 Å². The standard InChI is InChI=1S/C30H37N7O3/c1-3-40-23-13-14-25-21(19-23)20-24(30(38)31-25)28(29-32-33-34-37(29)22-9-5-4-6-10-22)36-17-15-35(16-18-36)26-11-7-8-12-27(26)39-2/h7-8,11-14,19-20,22,28H,3-6,9-10,15-18H2,1-2H3,(H,31,38)/t28-/m0/s1. The number of pyridine rings is 1. The second kappa shape index (κ2) is 11.7. The number of methoxy groups -OCH3 is 1. The SMILES string of the molecule is CCOc1ccc2[nH]c(=O)c([C@@H](c3nnnn3C3CCCCC3)N3CCN(c4ccccc4OC)CC3)cc2c1. The van der Waals surface area contributed by atoms with Gasteiger partial charge in [0, 0.05) is 42.6 Å². The first kappa shape index (κ1) is 26.3. The van der Waals surface area contributed by atoms with E-state index in [2.05, 4.69) is 36.4 Å². The number of hydrogen-bond acceptors (Lipinski definition) is 8. The molecule has 3 heterocycles. The predicted octanol–water partition coefficient (Wildman–Crippen LogP) is 4.34. The molecule has 1 saturated heterocycles. The van der Waals surface area contributed by atoms with Crippen LogP contribution in [0.2, 0.25) is 0 Å². The molecule has 0 unspecified atom stereocenters. The first-order valence-corrected chi connectivity index (χ1v) is 14.4. The molecule has 10 heteroatoms. The van der Waals surface area contributed by atoms with Gasteiger partial charge in [-0.25, -0.2) is 4.68 Å². The highest BCUT2D eigenvalue weighted by Crippen LogP contribution is 2.35. The molecule has 10 nitrogen and oxygen atoms in total. The summed E-state index contributed by atoms with van der Waals surface area (Å²) in [5.41, 5.74) is 2.40. The highest BCUT2D eigenvalue weighted by atomic mass is 16.5. The van der Waals surface area contributed by atoms with Gasteiger partial charge in [-0.15, -0.1) is 5.10 Å². The van der Waals surface area contributed by atoms with Crippen molar-refractivity contribution in [3.63, 3.8) is 0 Å². The van der Waals surface area contributed by atoms with E-state index in [1.165, 1.54) is 19.3 Å². The maximum atomic E-state index is 13.7. The lowest BCUT2D eigenvalue weighted by molar-refractivity contribution is 0.192. The van der Waals surface area contributed by atoms with Gasteiger partial charge in [0.1, 0.15) is 17.5 Å². The molecular weight excluding hydrogens is 506 g/mol. The second-order valence-electron chi connectivity index (χ2n) is 10.6. The third-order valence-electron chi connectivity index (χ3n) is 8.24. The number of nitrogens with zero attached hydrogens (tertiary/aromatic N) is 6. The third kappa shape index (κ3) is 5.15. The zero-order chi connectivity index (χ0) is 27.5. The normalized spacial score (nSPS) is 17.7. The molecule has 2 fully saturated rings. The van der Waals surface area contributed by atoms with Crippen LogP contribution in [-0.2, 0) is 0 Å². The van der Waals surface area contributed by atoms with Crippen molar-refractivity contribution in [2.45, 2.75) is 51.1 Å². The maximum Gasteiger partial charge on any atom is 0.253 e. The Hall–Kier alpha value is -3.92. The molecule has 0 bridgehead atoms. The minimum Gasteiger partial charge on any atom is -0.495 e. The molecule has 6 rings (SSSR count). The van der Waals surface area contributed by atoms with Gasteiger partial charge in [-0.1, -0.05) is 31.4 Å². The van der Waals surface area contributed by atoms with Crippen LogP contribution in [0, 0.1) is 0 Å². The number of tetrazole rings is 1. The summed E-state index contributed by atoms with van der Waals surface area (Å²) in [5.74, 6) is 2.38. The van der Waals surface area contributed by atoms with E-state index in [4.69, 9.17) is 9.47 Å². The van der Waals surface area contributed by atoms with Crippen molar-refractivity contribution < 1.29 is 9.47 Å². The van der Waals surface area contributed by atoms with Crippen LogP contribution >= 0.6 is 0 Å². The van der Waals surface area contributed by atoms with Crippen LogP contribution in [0.5, 0.6) is 11.5 Å². The molecule has 4 aromatic rings. The topological polar surface area (TPSA) is 101 Å². The van der Waals surface area contributed by atoms with Crippen LogP contribution < -0.4 is 19.9 Å². The summed E-state index contributed by atoms with van der Waals surface area (Å²) in [4.78, 5) is 21.5. The van der Waals surface area contributed by atoms with Crippen molar-refractivity contribution in [3.8, 4) is 11.5 Å². The zero-order valence-electron chi connectivity index (χ0n) is 23.3. The Kier molecular flexibility index (Phi) is 7.68. The van der Waals surface area contributed by atoms with Crippen molar-refractivity contribution in [1.29, 1.82) is 0 Å². The van der Waals surface area contributed by atoms with Crippen molar-refractivity contribution in [2.75, 3.05) is 44.8 Å². The summed E-state index contributed by atoms with van der Waals surface area (Å²) in [7, 11) is 1.71. The fourth-order valence-electron chi connectivity index (χ4n) is 6.24. The average molecular weight is 544 g/mol. The smallest absolute Gasteiger partial charge is 0.253 e. The largest absolute Gasteiger partial charge is 0.495 e. The Bertz CT molecular complexity index is 1500. The van der Waals surface area contributed by atoms with Gasteiger partial charge < -0.3 is 19.4 Å². The Balaban J connectivity index is 1.39. The molecule has 1 aliphatic heterocycles. The summed E-state index contributed by atoms with van der Waals surface area (Å²) >= 11 is 0. The highest BCUT2D eigenvalue weighted by Gasteiger charge is 2.34. The molecule has 0 radical (unpaired) electrons. The lowest BCUT2D eigenvalue weighted by Gasteiger charge is -2.40. The van der Waals surface area contributed by atoms with E-state index in [0.29, 0.717) is 12.2 Å². The van der Waals surface area contributed by atoms with E-state index in [-0.39, 0.29) is 17.6 Å². The van der Waals surface area contributed by atoms with E-state index in [0.717, 1.165) is 72.9 Å². The molecule has 1 aliphatic carbocycles. The summed E-state index contributed by atoms with van der Waals surface area (Å²) in [6.07, 6.45) is 5.69. The number of rotatable bonds is 8. The summed E-state index contributed by atoms with van der Waals surface area (Å²) in [6.45, 7) is 5.63. The van der Waals surface area contributed by atoms with Gasteiger partial charge in [-0.3, -0.25) is 9.69 Å². The molecule has 0 spiro atoms. The van der Waals surface area contributed by atoms with Gasteiger partial charge in [0.05, 0.1) is 25.4 Å². The summed E-state index contributed by atoms with van der Waals surface area (Å²) in [6, 6.07) is 15.8. The summed E-state index contributed by atoms with van der Waals surface area (Å²) < 4.78 is 13.4. The maximum absolute atomic E-state index is 13.7. The van der Waals surface area contributed by atoms with Crippen LogP contribution in [0.25, 0.3) is 10.9 Å². The first-order valence-electron chi connectivity index (χ1n) is 14.4. The second-order valence-corrected chi connectivity index (χ2v) is 10.6. The molecule has 40 heavy (non-hydrogen) atoms. The van der Waals surface area contributed by atoms with Gasteiger partial charge in [0.25, 0.3) is 5.56 Å². The number of H-pyrrole nitrogens is 1. The van der Waals surface area contributed by atoms with Gasteiger partial charge >= 0.3 is 0 Å². The number of hydrogen-bond donors (Lipinski definition) is 1. The summed E-state index contributed by atoms with van der Waals surface area (Å²) in [5, 5.41) is 14.1. The number of benzene rings is 2. The van der Waals surface area contributed by atoms with Crippen molar-refractivity contribution in [3.05, 3.63) is 70.3 Å². The molecule has 1 N–H and O–H groups in total. The molecular formula is C30H37N7O3. The van der Waals surface area contributed by atoms with E-state index < -0.39 is 0 Å². The molecule has 0 amide bonds. The molecule has 210 valence electrons. The number of aromatic nitrogens is 5. The first-order chi connectivity index (χ1) is 19.7. The number of anilines is 1. The predicted molar refractivity (Wildman–Crippen MR) is 154 cm³/mol. The molecule has 1 atom stereocenters. The number of para-hydroxylation sites is 2. The fraction of sp³-hybridized carbons (Fsp3) is 0.467. The minimum absolute atomic E-state index is 0.119. The van der Waals surface area contributed by atoms with Crippen molar-refractivity contribution in [1.82, 2.24) is 30.1 Å². The van der Waals surface area contributed by atoms with Gasteiger partial charge in [0.15, 0.2) is 5.82 Å². The Morgan fingerprint density at radius 2 is 1.82 bits per heavy atom. The zero-order valence-corrected chi connectivity index (χ0v) is 23.3. The number of fused-ring (bicyclic) bond motifs is 1. The molecule has 1 saturated carbocycles. The van der Waals surface area contributed by atoms with Crippen molar-refractivity contribution in [2.24, 2.45) is 0 Å². The third-order valence-corrected chi connectivity index (χ3v) is 8.24. The molecule has 2 aromatic carbocycles. The van der Waals surface area contributed by atoms with Crippen LogP contribution in [0.3, 0.4) is 0 Å². The van der Waals surface area contributed by atoms with Crippen LogP contribution in [0.15, 0.2) is 53.3 Å². The number of aromatic amines is 1. The van der Waals surface area contributed by atoms with E-state index in [1.807, 2.05) is 54.1 Å². The van der Waals surface area contributed by atoms with Crippen molar-refractivity contribution >= 4 is 16.6 Å². The quantitative estimate of drug-likeness (QED) is 0.350. The monoisotopic (exact) mass is 543 g/mol. The Labute approximate surface area is 233 Å². The highest BCUT2D eigenvalue weighted by molar-refractivity contribution is 5.80. The molecule has 2 aliphatic rings. The average Bonchev–Trinajstić information content (AvgIpc) is 3.48.